The van der Waals surface area contributed by atoms with Gasteiger partial charge in [-0.15, -0.1) is 0 Å². The third-order valence-corrected chi connectivity index (χ3v) is 3.80. The molecule has 0 aromatic rings. The van der Waals surface area contributed by atoms with Crippen LogP contribution in [0.15, 0.2) is 0 Å². The van der Waals surface area contributed by atoms with Crippen molar-refractivity contribution in [3.63, 3.8) is 0 Å². The molecule has 1 rings (SSSR count). The van der Waals surface area contributed by atoms with Crippen LogP contribution in [0.5, 0.6) is 0 Å². The maximum Gasteiger partial charge on any atom is 0.156 e. The molecule has 0 aromatic heterocycles. The highest BCUT2D eigenvalue weighted by molar-refractivity contribution is 5.89. The first-order valence-corrected chi connectivity index (χ1v) is 8.14. The Morgan fingerprint density at radius 1 is 1.00 bits per heavy atom. The Hall–Kier alpha value is -0.410. The average Bonchev–Trinajstić information content (AvgIpc) is 2.52. The number of carbonyl (C=O) groups excluding carboxylic acids is 1. The number of hydrogen-bond donors (Lipinski definition) is 1. The number of ketones is 1. The van der Waals surface area contributed by atoms with Gasteiger partial charge in [0.1, 0.15) is 0 Å². The van der Waals surface area contributed by atoms with Gasteiger partial charge in [-0.2, -0.15) is 0 Å². The van der Waals surface area contributed by atoms with Gasteiger partial charge in [0.15, 0.2) is 5.78 Å². The van der Waals surface area contributed by atoms with Crippen molar-refractivity contribution in [1.82, 2.24) is 10.2 Å². The van der Waals surface area contributed by atoms with Gasteiger partial charge in [0, 0.05) is 17.5 Å². The molecular weight excluding hydrogens is 248 g/mol. The summed E-state index contributed by atoms with van der Waals surface area (Å²) < 4.78 is 0. The lowest BCUT2D eigenvalue weighted by atomic mass is 9.85. The van der Waals surface area contributed by atoms with Gasteiger partial charge in [0.25, 0.3) is 0 Å². The van der Waals surface area contributed by atoms with E-state index in [0.717, 1.165) is 19.6 Å². The lowest BCUT2D eigenvalue weighted by Crippen LogP contribution is -2.55. The first-order valence-electron chi connectivity index (χ1n) is 8.14. The maximum absolute atomic E-state index is 12.7. The topological polar surface area (TPSA) is 32.3 Å². The first-order chi connectivity index (χ1) is 9.09. The Balaban J connectivity index is 2.73. The lowest BCUT2D eigenvalue weighted by Gasteiger charge is -2.35. The number of nitrogens with one attached hydrogen (secondary N) is 1. The molecule has 1 aliphatic rings. The molecule has 1 N–H and O–H groups in total. The van der Waals surface area contributed by atoms with Gasteiger partial charge in [-0.3, -0.25) is 4.79 Å². The summed E-state index contributed by atoms with van der Waals surface area (Å²) in [6, 6.07) is -0.0619. The summed E-state index contributed by atoms with van der Waals surface area (Å²) in [6.07, 6.45) is 5.21. The maximum atomic E-state index is 12.7. The summed E-state index contributed by atoms with van der Waals surface area (Å²) >= 11 is 0. The Bertz CT molecular complexity index is 304. The summed E-state index contributed by atoms with van der Waals surface area (Å²) in [6.45, 7) is 15.6. The zero-order chi connectivity index (χ0) is 15.4. The molecule has 3 heteroatoms. The highest BCUT2D eigenvalue weighted by Crippen LogP contribution is 2.20. The van der Waals surface area contributed by atoms with E-state index in [9.17, 15) is 4.79 Å². The van der Waals surface area contributed by atoms with Crippen molar-refractivity contribution in [2.45, 2.75) is 78.8 Å². The fourth-order valence-corrected chi connectivity index (χ4v) is 2.82. The predicted octanol–water partition coefficient (Wildman–Crippen LogP) is 3.23. The lowest BCUT2D eigenvalue weighted by molar-refractivity contribution is -0.129. The molecule has 1 heterocycles. The van der Waals surface area contributed by atoms with E-state index >= 15 is 0 Å². The standard InChI is InChI=1S/C17H34N2O/c1-16(2,3)15(20)14(18-17(4,5)6)13-19-11-9-7-8-10-12-19/h14,18H,7-13H2,1-6H3. The van der Waals surface area contributed by atoms with Crippen molar-refractivity contribution in [3.8, 4) is 0 Å². The molecular formula is C17H34N2O. The molecule has 0 radical (unpaired) electrons. The van der Waals surface area contributed by atoms with Crippen molar-refractivity contribution in [1.29, 1.82) is 0 Å². The van der Waals surface area contributed by atoms with Gasteiger partial charge in [-0.25, -0.2) is 0 Å². The zero-order valence-electron chi connectivity index (χ0n) is 14.4. The number of hydrogen-bond acceptors (Lipinski definition) is 3. The SMILES string of the molecule is CC(C)(C)NC(CN1CCCCCC1)C(=O)C(C)(C)C. The molecule has 118 valence electrons. The molecule has 20 heavy (non-hydrogen) atoms. The van der Waals surface area contributed by atoms with E-state index in [1.165, 1.54) is 25.7 Å². The smallest absolute Gasteiger partial charge is 0.156 e. The van der Waals surface area contributed by atoms with Crippen molar-refractivity contribution in [3.05, 3.63) is 0 Å². The summed E-state index contributed by atoms with van der Waals surface area (Å²) in [5, 5.41) is 3.54. The molecule has 1 unspecified atom stereocenters. The Kier molecular flexibility index (Phi) is 6.21. The Labute approximate surface area is 125 Å². The van der Waals surface area contributed by atoms with Crippen LogP contribution in [0.25, 0.3) is 0 Å². The van der Waals surface area contributed by atoms with E-state index in [0.29, 0.717) is 5.78 Å². The number of nitrogens with zero attached hydrogens (tertiary/aromatic N) is 1. The van der Waals surface area contributed by atoms with Crippen molar-refractivity contribution < 1.29 is 4.79 Å². The van der Waals surface area contributed by atoms with E-state index in [4.69, 9.17) is 0 Å². The van der Waals surface area contributed by atoms with E-state index < -0.39 is 0 Å². The minimum atomic E-state index is -0.283. The third-order valence-electron chi connectivity index (χ3n) is 3.80. The van der Waals surface area contributed by atoms with Gasteiger partial charge in [0.05, 0.1) is 6.04 Å². The molecule has 0 aliphatic carbocycles. The second kappa shape index (κ2) is 7.04. The van der Waals surface area contributed by atoms with Crippen molar-refractivity contribution in [2.75, 3.05) is 19.6 Å². The van der Waals surface area contributed by atoms with Crippen LogP contribution in [0.2, 0.25) is 0 Å². The normalized spacial score (nSPS) is 20.5. The Morgan fingerprint density at radius 3 is 1.90 bits per heavy atom. The molecule has 1 fully saturated rings. The first kappa shape index (κ1) is 17.6. The van der Waals surface area contributed by atoms with E-state index in [1.54, 1.807) is 0 Å². The van der Waals surface area contributed by atoms with E-state index in [-0.39, 0.29) is 17.0 Å². The minimum Gasteiger partial charge on any atom is -0.302 e. The molecule has 0 amide bonds. The van der Waals surface area contributed by atoms with Gasteiger partial charge >= 0.3 is 0 Å². The zero-order valence-corrected chi connectivity index (χ0v) is 14.4. The summed E-state index contributed by atoms with van der Waals surface area (Å²) in [7, 11) is 0. The van der Waals surface area contributed by atoms with E-state index in [1.807, 2.05) is 20.8 Å². The fraction of sp³-hybridized carbons (Fsp3) is 0.941. The fourth-order valence-electron chi connectivity index (χ4n) is 2.82. The molecule has 3 nitrogen and oxygen atoms in total. The average molecular weight is 282 g/mol. The molecule has 1 saturated heterocycles. The van der Waals surface area contributed by atoms with Crippen LogP contribution in [0.4, 0.5) is 0 Å². The van der Waals surface area contributed by atoms with Crippen LogP contribution in [-0.4, -0.2) is 41.9 Å². The Morgan fingerprint density at radius 2 is 1.50 bits per heavy atom. The molecule has 1 atom stereocenters. The second-order valence-electron chi connectivity index (χ2n) is 8.28. The van der Waals surface area contributed by atoms with Crippen LogP contribution < -0.4 is 5.32 Å². The largest absolute Gasteiger partial charge is 0.302 e. The number of carbonyl (C=O) groups is 1. The third kappa shape index (κ3) is 6.36. The van der Waals surface area contributed by atoms with Crippen molar-refractivity contribution in [2.24, 2.45) is 5.41 Å². The van der Waals surface area contributed by atoms with Gasteiger partial charge in [-0.05, 0) is 46.7 Å². The summed E-state index contributed by atoms with van der Waals surface area (Å²) in [4.78, 5) is 15.2. The number of likely N-dealkylation sites (tertiary alicyclic amines) is 1. The predicted molar refractivity (Wildman–Crippen MR) is 86.0 cm³/mol. The van der Waals surface area contributed by atoms with Gasteiger partial charge in [0.2, 0.25) is 0 Å². The van der Waals surface area contributed by atoms with Crippen LogP contribution in [0.1, 0.15) is 67.2 Å². The van der Waals surface area contributed by atoms with Gasteiger partial charge < -0.3 is 10.2 Å². The minimum absolute atomic E-state index is 0.0303. The summed E-state index contributed by atoms with van der Waals surface area (Å²) in [5.41, 5.74) is -0.313. The van der Waals surface area contributed by atoms with E-state index in [2.05, 4.69) is 31.0 Å². The molecule has 0 saturated carbocycles. The van der Waals surface area contributed by atoms with Crippen LogP contribution >= 0.6 is 0 Å². The van der Waals surface area contributed by atoms with Gasteiger partial charge in [-0.1, -0.05) is 33.6 Å². The molecule has 1 aliphatic heterocycles. The number of rotatable bonds is 4. The molecule has 0 bridgehead atoms. The monoisotopic (exact) mass is 282 g/mol. The summed E-state index contributed by atoms with van der Waals surface area (Å²) in [5.74, 6) is 0.330. The quantitative estimate of drug-likeness (QED) is 0.859. The highest BCUT2D eigenvalue weighted by Gasteiger charge is 2.33. The molecule has 0 spiro atoms. The van der Waals surface area contributed by atoms with Crippen LogP contribution in [0, 0.1) is 5.41 Å². The molecule has 0 aromatic carbocycles. The van der Waals surface area contributed by atoms with Crippen LogP contribution in [-0.2, 0) is 4.79 Å². The highest BCUT2D eigenvalue weighted by atomic mass is 16.1. The number of Topliss-reactive ketones (excluding diaryl/α,β-unsaturated/α-hetero) is 1. The second-order valence-corrected chi connectivity index (χ2v) is 8.28. The van der Waals surface area contributed by atoms with Crippen LogP contribution in [0.3, 0.4) is 0 Å². The van der Waals surface area contributed by atoms with Crippen molar-refractivity contribution >= 4 is 5.78 Å².